The van der Waals surface area contributed by atoms with Gasteiger partial charge < -0.3 is 15.5 Å². The molecule has 2 N–H and O–H groups in total. The molecular formula is C22H21N3O2S. The quantitative estimate of drug-likeness (QED) is 0.628. The zero-order chi connectivity index (χ0) is 19.3. The van der Waals surface area contributed by atoms with Crippen molar-refractivity contribution in [2.45, 2.75) is 18.9 Å². The van der Waals surface area contributed by atoms with Crippen LogP contribution in [0.1, 0.15) is 34.8 Å². The molecule has 0 saturated carbocycles. The molecule has 142 valence electrons. The molecule has 1 aromatic heterocycles. The third-order valence-electron chi connectivity index (χ3n) is 4.87. The molecule has 1 fully saturated rings. The number of nitrogens with zero attached hydrogens (tertiary/aromatic N) is 1. The monoisotopic (exact) mass is 391 g/mol. The lowest BCUT2D eigenvalue weighted by molar-refractivity contribution is 0.102. The fourth-order valence-corrected chi connectivity index (χ4v) is 4.15. The fourth-order valence-electron chi connectivity index (χ4n) is 3.45. The number of rotatable bonds is 4. The van der Waals surface area contributed by atoms with E-state index in [4.69, 9.17) is 0 Å². The molecule has 0 radical (unpaired) electrons. The lowest BCUT2D eigenvalue weighted by atomic mass is 10.1. The van der Waals surface area contributed by atoms with Gasteiger partial charge in [0.25, 0.3) is 5.91 Å². The third kappa shape index (κ3) is 4.07. The SMILES string of the molecule is O=C(Nc1ccccc1)c1ccc(NC(=O)N2CCCC2c2ccsc2)cc1. The Morgan fingerprint density at radius 1 is 0.929 bits per heavy atom. The number of amides is 3. The van der Waals surface area contributed by atoms with Gasteiger partial charge in [0.05, 0.1) is 6.04 Å². The predicted octanol–water partition coefficient (Wildman–Crippen LogP) is 5.37. The summed E-state index contributed by atoms with van der Waals surface area (Å²) in [6.07, 6.45) is 2.00. The van der Waals surface area contributed by atoms with Crippen molar-refractivity contribution in [2.24, 2.45) is 0 Å². The smallest absolute Gasteiger partial charge is 0.322 e. The average Bonchev–Trinajstić information content (AvgIpc) is 3.41. The largest absolute Gasteiger partial charge is 0.322 e. The molecule has 0 bridgehead atoms. The Morgan fingerprint density at radius 3 is 2.39 bits per heavy atom. The topological polar surface area (TPSA) is 61.4 Å². The summed E-state index contributed by atoms with van der Waals surface area (Å²) >= 11 is 1.65. The van der Waals surface area contributed by atoms with E-state index < -0.39 is 0 Å². The van der Waals surface area contributed by atoms with Gasteiger partial charge in [0.1, 0.15) is 0 Å². The maximum Gasteiger partial charge on any atom is 0.322 e. The molecule has 2 heterocycles. The number of hydrogen-bond acceptors (Lipinski definition) is 3. The van der Waals surface area contributed by atoms with Crippen LogP contribution in [-0.4, -0.2) is 23.4 Å². The summed E-state index contributed by atoms with van der Waals surface area (Å²) in [4.78, 5) is 26.9. The van der Waals surface area contributed by atoms with E-state index in [0.29, 0.717) is 11.3 Å². The van der Waals surface area contributed by atoms with E-state index in [1.165, 1.54) is 5.56 Å². The Hall–Kier alpha value is -3.12. The van der Waals surface area contributed by atoms with Gasteiger partial charge in [-0.25, -0.2) is 4.79 Å². The van der Waals surface area contributed by atoms with Gasteiger partial charge in [0.15, 0.2) is 0 Å². The van der Waals surface area contributed by atoms with Crippen LogP contribution < -0.4 is 10.6 Å². The second kappa shape index (κ2) is 8.27. The van der Waals surface area contributed by atoms with Crippen molar-refractivity contribution < 1.29 is 9.59 Å². The van der Waals surface area contributed by atoms with Crippen LogP contribution in [0.2, 0.25) is 0 Å². The summed E-state index contributed by atoms with van der Waals surface area (Å²) in [7, 11) is 0. The average molecular weight is 391 g/mol. The zero-order valence-electron chi connectivity index (χ0n) is 15.3. The van der Waals surface area contributed by atoms with E-state index in [1.807, 2.05) is 40.6 Å². The van der Waals surface area contributed by atoms with E-state index in [1.54, 1.807) is 35.6 Å². The van der Waals surface area contributed by atoms with Crippen molar-refractivity contribution in [2.75, 3.05) is 17.2 Å². The van der Waals surface area contributed by atoms with Crippen molar-refractivity contribution in [1.82, 2.24) is 4.90 Å². The van der Waals surface area contributed by atoms with Gasteiger partial charge in [-0.15, -0.1) is 0 Å². The van der Waals surface area contributed by atoms with E-state index in [9.17, 15) is 9.59 Å². The number of thiophene rings is 1. The number of anilines is 2. The van der Waals surface area contributed by atoms with Crippen molar-refractivity contribution in [3.63, 3.8) is 0 Å². The molecule has 1 aliphatic rings. The van der Waals surface area contributed by atoms with E-state index >= 15 is 0 Å². The van der Waals surface area contributed by atoms with Crippen LogP contribution in [-0.2, 0) is 0 Å². The van der Waals surface area contributed by atoms with Gasteiger partial charge in [-0.2, -0.15) is 11.3 Å². The summed E-state index contributed by atoms with van der Waals surface area (Å²) in [5.74, 6) is -0.179. The van der Waals surface area contributed by atoms with Gasteiger partial charge in [-0.3, -0.25) is 4.79 Å². The summed E-state index contributed by atoms with van der Waals surface area (Å²) in [5.41, 5.74) is 3.17. The van der Waals surface area contributed by atoms with Crippen molar-refractivity contribution in [3.05, 3.63) is 82.6 Å². The van der Waals surface area contributed by atoms with Crippen LogP contribution in [0.5, 0.6) is 0 Å². The van der Waals surface area contributed by atoms with E-state index in [-0.39, 0.29) is 18.0 Å². The molecule has 1 unspecified atom stereocenters. The van der Waals surface area contributed by atoms with Gasteiger partial charge in [-0.05, 0) is 71.6 Å². The molecule has 1 aliphatic heterocycles. The molecule has 28 heavy (non-hydrogen) atoms. The highest BCUT2D eigenvalue weighted by molar-refractivity contribution is 7.08. The molecular weight excluding hydrogens is 370 g/mol. The van der Waals surface area contributed by atoms with Crippen LogP contribution in [0.4, 0.5) is 16.2 Å². The van der Waals surface area contributed by atoms with Crippen LogP contribution in [0.25, 0.3) is 0 Å². The Balaban J connectivity index is 1.39. The third-order valence-corrected chi connectivity index (χ3v) is 5.57. The van der Waals surface area contributed by atoms with Crippen LogP contribution in [0.15, 0.2) is 71.4 Å². The Bertz CT molecular complexity index is 940. The second-order valence-corrected chi connectivity index (χ2v) is 7.52. The molecule has 4 rings (SSSR count). The summed E-state index contributed by atoms with van der Waals surface area (Å²) < 4.78 is 0. The minimum absolute atomic E-state index is 0.102. The minimum Gasteiger partial charge on any atom is -0.322 e. The van der Waals surface area contributed by atoms with E-state index in [0.717, 1.165) is 25.1 Å². The number of likely N-dealkylation sites (tertiary alicyclic amines) is 1. The van der Waals surface area contributed by atoms with Crippen LogP contribution >= 0.6 is 11.3 Å². The summed E-state index contributed by atoms with van der Waals surface area (Å²) in [5, 5.41) is 9.95. The van der Waals surface area contributed by atoms with Gasteiger partial charge in [0, 0.05) is 23.5 Å². The maximum atomic E-state index is 12.7. The normalized spacial score (nSPS) is 16.0. The first-order valence-corrected chi connectivity index (χ1v) is 10.2. The Morgan fingerprint density at radius 2 is 1.68 bits per heavy atom. The Kier molecular flexibility index (Phi) is 5.39. The predicted molar refractivity (Wildman–Crippen MR) is 113 cm³/mol. The lowest BCUT2D eigenvalue weighted by Gasteiger charge is -2.24. The van der Waals surface area contributed by atoms with Crippen LogP contribution in [0.3, 0.4) is 0 Å². The number of carbonyl (C=O) groups is 2. The second-order valence-electron chi connectivity index (χ2n) is 6.74. The zero-order valence-corrected chi connectivity index (χ0v) is 16.1. The number of para-hydroxylation sites is 1. The molecule has 3 amide bonds. The number of carbonyl (C=O) groups excluding carboxylic acids is 2. The standard InChI is InChI=1S/C22H21N3O2S/c26-21(23-18-5-2-1-3-6-18)16-8-10-19(11-9-16)24-22(27)25-13-4-7-20(25)17-12-14-28-15-17/h1-3,5-6,8-12,14-15,20H,4,7,13H2,(H,23,26)(H,24,27). The lowest BCUT2D eigenvalue weighted by Crippen LogP contribution is -2.34. The minimum atomic E-state index is -0.179. The number of hydrogen-bond donors (Lipinski definition) is 2. The highest BCUT2D eigenvalue weighted by atomic mass is 32.1. The Labute approximate surface area is 168 Å². The highest BCUT2D eigenvalue weighted by Crippen LogP contribution is 2.33. The molecule has 1 saturated heterocycles. The number of nitrogens with one attached hydrogen (secondary N) is 2. The van der Waals surface area contributed by atoms with Crippen molar-refractivity contribution in [3.8, 4) is 0 Å². The molecule has 1 atom stereocenters. The fraction of sp³-hybridized carbons (Fsp3) is 0.182. The maximum absolute atomic E-state index is 12.7. The van der Waals surface area contributed by atoms with E-state index in [2.05, 4.69) is 22.1 Å². The number of benzene rings is 2. The molecule has 0 aliphatic carbocycles. The molecule has 5 nitrogen and oxygen atoms in total. The van der Waals surface area contributed by atoms with Gasteiger partial charge >= 0.3 is 6.03 Å². The van der Waals surface area contributed by atoms with Gasteiger partial charge in [0.2, 0.25) is 0 Å². The summed E-state index contributed by atoms with van der Waals surface area (Å²) in [6.45, 7) is 0.754. The first kappa shape index (κ1) is 18.3. The molecule has 3 aromatic rings. The highest BCUT2D eigenvalue weighted by Gasteiger charge is 2.30. The van der Waals surface area contributed by atoms with Gasteiger partial charge in [-0.1, -0.05) is 18.2 Å². The number of urea groups is 1. The molecule has 0 spiro atoms. The molecule has 6 heteroatoms. The van der Waals surface area contributed by atoms with Crippen LogP contribution in [0, 0.1) is 0 Å². The first-order valence-electron chi connectivity index (χ1n) is 9.27. The first-order chi connectivity index (χ1) is 13.7. The molecule has 2 aromatic carbocycles. The van der Waals surface area contributed by atoms with Crippen molar-refractivity contribution in [1.29, 1.82) is 0 Å². The summed E-state index contributed by atoms with van der Waals surface area (Å²) in [6, 6.07) is 18.4. The van der Waals surface area contributed by atoms with Crippen molar-refractivity contribution >= 4 is 34.6 Å².